The van der Waals surface area contributed by atoms with Gasteiger partial charge in [0.2, 0.25) is 0 Å². The molecule has 3 heteroatoms. The highest BCUT2D eigenvalue weighted by Crippen LogP contribution is 2.14. The van der Waals surface area contributed by atoms with Crippen molar-refractivity contribution in [1.29, 1.82) is 0 Å². The van der Waals surface area contributed by atoms with Gasteiger partial charge in [-0.2, -0.15) is 0 Å². The maximum absolute atomic E-state index is 5.78. The van der Waals surface area contributed by atoms with E-state index in [9.17, 15) is 0 Å². The summed E-state index contributed by atoms with van der Waals surface area (Å²) in [4.78, 5) is 1.47. The first-order valence-corrected chi connectivity index (χ1v) is 8.20. The van der Waals surface area contributed by atoms with Crippen LogP contribution in [0, 0.1) is 0 Å². The van der Waals surface area contributed by atoms with Crippen molar-refractivity contribution in [3.8, 4) is 5.75 Å². The molecular formula is C17H23NOS. The highest BCUT2D eigenvalue weighted by atomic mass is 32.1. The third-order valence-corrected chi connectivity index (χ3v) is 4.23. The first-order chi connectivity index (χ1) is 9.88. The fourth-order valence-corrected chi connectivity index (χ4v) is 2.97. The van der Waals surface area contributed by atoms with Crippen molar-refractivity contribution >= 4 is 11.3 Å². The van der Waals surface area contributed by atoms with Crippen molar-refractivity contribution < 1.29 is 4.74 Å². The second-order valence-electron chi connectivity index (χ2n) is 4.82. The van der Waals surface area contributed by atoms with Gasteiger partial charge >= 0.3 is 0 Å². The van der Waals surface area contributed by atoms with Crippen LogP contribution in [0.4, 0.5) is 0 Å². The third kappa shape index (κ3) is 5.35. The van der Waals surface area contributed by atoms with Gasteiger partial charge in [-0.3, -0.25) is 0 Å². The van der Waals surface area contributed by atoms with Crippen molar-refractivity contribution in [3.63, 3.8) is 0 Å². The number of rotatable bonds is 9. The maximum atomic E-state index is 5.78. The van der Waals surface area contributed by atoms with Gasteiger partial charge in [0.1, 0.15) is 5.75 Å². The fourth-order valence-electron chi connectivity index (χ4n) is 2.24. The van der Waals surface area contributed by atoms with E-state index in [0.717, 1.165) is 31.7 Å². The fraction of sp³-hybridized carbons (Fsp3) is 0.412. The molecule has 2 rings (SSSR count). The Labute approximate surface area is 125 Å². The van der Waals surface area contributed by atoms with Gasteiger partial charge in [0.25, 0.3) is 0 Å². The predicted octanol–water partition coefficient (Wildman–Crippen LogP) is 4.13. The van der Waals surface area contributed by atoms with Crippen LogP contribution in [0.15, 0.2) is 47.8 Å². The lowest BCUT2D eigenvalue weighted by atomic mass is 10.1. The van der Waals surface area contributed by atoms with Gasteiger partial charge in [0.05, 0.1) is 6.61 Å². The normalized spacial score (nSPS) is 12.2. The van der Waals surface area contributed by atoms with E-state index in [1.54, 1.807) is 0 Å². The highest BCUT2D eigenvalue weighted by molar-refractivity contribution is 7.09. The summed E-state index contributed by atoms with van der Waals surface area (Å²) in [6.45, 7) is 3.95. The van der Waals surface area contributed by atoms with Crippen molar-refractivity contribution in [3.05, 3.63) is 52.7 Å². The first kappa shape index (κ1) is 15.1. The van der Waals surface area contributed by atoms with Crippen LogP contribution >= 0.6 is 11.3 Å². The molecule has 0 saturated carbocycles. The molecule has 1 unspecified atom stereocenters. The van der Waals surface area contributed by atoms with Crippen molar-refractivity contribution in [2.45, 2.75) is 32.2 Å². The highest BCUT2D eigenvalue weighted by Gasteiger charge is 2.08. The molecule has 0 aliphatic rings. The SMILES string of the molecule is CCNC(CCOc1ccccc1)CCc1cccs1. The number of aryl methyl sites for hydroxylation is 1. The molecule has 0 spiro atoms. The number of para-hydroxylation sites is 1. The smallest absolute Gasteiger partial charge is 0.119 e. The van der Waals surface area contributed by atoms with Crippen LogP contribution in [0.25, 0.3) is 0 Å². The predicted molar refractivity (Wildman–Crippen MR) is 86.7 cm³/mol. The lowest BCUT2D eigenvalue weighted by molar-refractivity contribution is 0.282. The summed E-state index contributed by atoms with van der Waals surface area (Å²) in [6, 6.07) is 14.9. The Morgan fingerprint density at radius 2 is 1.95 bits per heavy atom. The lowest BCUT2D eigenvalue weighted by Crippen LogP contribution is -2.31. The van der Waals surface area contributed by atoms with Crippen molar-refractivity contribution in [2.24, 2.45) is 0 Å². The largest absolute Gasteiger partial charge is 0.494 e. The standard InChI is InChI=1S/C17H23NOS/c1-2-18-15(10-11-17-9-6-14-20-17)12-13-19-16-7-4-3-5-8-16/h3-9,14-15,18H,2,10-13H2,1H3. The molecule has 1 aromatic carbocycles. The molecule has 2 nitrogen and oxygen atoms in total. The summed E-state index contributed by atoms with van der Waals surface area (Å²) < 4.78 is 5.78. The monoisotopic (exact) mass is 289 g/mol. The molecule has 1 N–H and O–H groups in total. The average molecular weight is 289 g/mol. The van der Waals surface area contributed by atoms with Crippen molar-refractivity contribution in [1.82, 2.24) is 5.32 Å². The van der Waals surface area contributed by atoms with Crippen LogP contribution in [0.1, 0.15) is 24.6 Å². The minimum atomic E-state index is 0.533. The van der Waals surface area contributed by atoms with Crippen LogP contribution in [0.2, 0.25) is 0 Å². The van der Waals surface area contributed by atoms with E-state index >= 15 is 0 Å². The molecule has 2 aromatic rings. The topological polar surface area (TPSA) is 21.3 Å². The molecule has 1 aromatic heterocycles. The number of nitrogens with one attached hydrogen (secondary N) is 1. The summed E-state index contributed by atoms with van der Waals surface area (Å²) in [7, 11) is 0. The van der Waals surface area contributed by atoms with Crippen LogP contribution in [0.5, 0.6) is 5.75 Å². The van der Waals surface area contributed by atoms with Crippen molar-refractivity contribution in [2.75, 3.05) is 13.2 Å². The molecule has 20 heavy (non-hydrogen) atoms. The summed E-state index contributed by atoms with van der Waals surface area (Å²) in [5.74, 6) is 0.959. The first-order valence-electron chi connectivity index (χ1n) is 7.32. The Balaban J connectivity index is 1.71. The van der Waals surface area contributed by atoms with Gasteiger partial charge in [-0.15, -0.1) is 11.3 Å². The van der Waals surface area contributed by atoms with Gasteiger partial charge in [0, 0.05) is 10.9 Å². The minimum absolute atomic E-state index is 0.533. The molecule has 0 aliphatic heterocycles. The average Bonchev–Trinajstić information content (AvgIpc) is 2.99. The number of benzene rings is 1. The van der Waals surface area contributed by atoms with E-state index < -0.39 is 0 Å². The Hall–Kier alpha value is -1.32. The zero-order valence-electron chi connectivity index (χ0n) is 12.0. The molecule has 108 valence electrons. The van der Waals surface area contributed by atoms with Gasteiger partial charge < -0.3 is 10.1 Å². The quantitative estimate of drug-likeness (QED) is 0.749. The zero-order valence-corrected chi connectivity index (χ0v) is 12.9. The Morgan fingerprint density at radius 1 is 1.10 bits per heavy atom. The molecule has 0 saturated heterocycles. The third-order valence-electron chi connectivity index (χ3n) is 3.29. The Morgan fingerprint density at radius 3 is 2.65 bits per heavy atom. The number of ether oxygens (including phenoxy) is 1. The number of hydrogen-bond donors (Lipinski definition) is 1. The van der Waals surface area contributed by atoms with E-state index in [1.165, 1.54) is 11.3 Å². The van der Waals surface area contributed by atoms with Crippen LogP contribution < -0.4 is 10.1 Å². The van der Waals surface area contributed by atoms with Crippen LogP contribution in [0.3, 0.4) is 0 Å². The number of hydrogen-bond acceptors (Lipinski definition) is 3. The second kappa shape index (κ2) is 8.77. The van der Waals surface area contributed by atoms with Crippen LogP contribution in [-0.4, -0.2) is 19.2 Å². The number of thiophene rings is 1. The Kier molecular flexibility index (Phi) is 6.61. The maximum Gasteiger partial charge on any atom is 0.119 e. The lowest BCUT2D eigenvalue weighted by Gasteiger charge is -2.17. The second-order valence-corrected chi connectivity index (χ2v) is 5.86. The molecule has 0 bridgehead atoms. The summed E-state index contributed by atoms with van der Waals surface area (Å²) >= 11 is 1.84. The molecule has 0 radical (unpaired) electrons. The van der Waals surface area contributed by atoms with E-state index in [-0.39, 0.29) is 0 Å². The summed E-state index contributed by atoms with van der Waals surface area (Å²) in [6.07, 6.45) is 3.38. The minimum Gasteiger partial charge on any atom is -0.494 e. The van der Waals surface area contributed by atoms with Gasteiger partial charge in [0.15, 0.2) is 0 Å². The molecular weight excluding hydrogens is 266 g/mol. The summed E-state index contributed by atoms with van der Waals surface area (Å²) in [5, 5.41) is 5.70. The molecule has 1 heterocycles. The van der Waals surface area contributed by atoms with E-state index in [1.807, 2.05) is 41.7 Å². The van der Waals surface area contributed by atoms with E-state index in [2.05, 4.69) is 29.8 Å². The molecule has 1 atom stereocenters. The Bertz CT molecular complexity index is 455. The molecule has 0 fully saturated rings. The van der Waals surface area contributed by atoms with E-state index in [4.69, 9.17) is 4.74 Å². The molecule has 0 aliphatic carbocycles. The molecule has 0 amide bonds. The van der Waals surface area contributed by atoms with E-state index in [0.29, 0.717) is 6.04 Å². The van der Waals surface area contributed by atoms with Crippen LogP contribution in [-0.2, 0) is 6.42 Å². The summed E-state index contributed by atoms with van der Waals surface area (Å²) in [5.41, 5.74) is 0. The zero-order chi connectivity index (χ0) is 14.0. The van der Waals surface area contributed by atoms with Gasteiger partial charge in [-0.1, -0.05) is 31.2 Å². The van der Waals surface area contributed by atoms with Gasteiger partial charge in [-0.05, 0) is 49.4 Å². The van der Waals surface area contributed by atoms with Gasteiger partial charge in [-0.25, -0.2) is 0 Å².